The van der Waals surface area contributed by atoms with Crippen molar-refractivity contribution >= 4 is 22.9 Å². The van der Waals surface area contributed by atoms with Gasteiger partial charge in [0.2, 0.25) is 0 Å². The van der Waals surface area contributed by atoms with Gasteiger partial charge in [-0.1, -0.05) is 6.92 Å². The summed E-state index contributed by atoms with van der Waals surface area (Å²) < 4.78 is 4.85. The lowest BCUT2D eigenvalue weighted by Crippen LogP contribution is -2.52. The van der Waals surface area contributed by atoms with E-state index in [2.05, 4.69) is 26.8 Å². The molecule has 0 saturated carbocycles. The first-order valence-corrected chi connectivity index (χ1v) is 7.45. The Morgan fingerprint density at radius 2 is 2.32 bits per heavy atom. The number of piperidine rings is 1. The Balaban J connectivity index is 1.88. The molecule has 7 heteroatoms. The molecular weight excluding hydrogens is 282 g/mol. The number of hydrogen-bond acceptors (Lipinski definition) is 5. The van der Waals surface area contributed by atoms with E-state index >= 15 is 0 Å². The van der Waals surface area contributed by atoms with Crippen molar-refractivity contribution in [2.24, 2.45) is 5.92 Å². The molecular formula is C15H21N5O2. The minimum Gasteiger partial charge on any atom is -0.453 e. The Morgan fingerprint density at radius 3 is 3.09 bits per heavy atom. The van der Waals surface area contributed by atoms with E-state index in [9.17, 15) is 4.79 Å². The highest BCUT2D eigenvalue weighted by Gasteiger charge is 2.33. The fourth-order valence-electron chi connectivity index (χ4n) is 3.14. The van der Waals surface area contributed by atoms with Gasteiger partial charge < -0.3 is 19.5 Å². The smallest absolute Gasteiger partial charge is 0.409 e. The van der Waals surface area contributed by atoms with Gasteiger partial charge in [-0.3, -0.25) is 0 Å². The number of aromatic nitrogens is 3. The van der Waals surface area contributed by atoms with Crippen LogP contribution in [0.4, 0.5) is 10.6 Å². The number of anilines is 1. The number of carbonyl (C=O) groups excluding carboxylic acids is 1. The first-order chi connectivity index (χ1) is 10.6. The molecule has 1 aliphatic rings. The third-order valence-corrected chi connectivity index (χ3v) is 4.52. The molecule has 118 valence electrons. The second-order valence-corrected chi connectivity index (χ2v) is 5.80. The van der Waals surface area contributed by atoms with Crippen molar-refractivity contribution in [2.75, 3.05) is 32.1 Å². The molecule has 2 aromatic heterocycles. The van der Waals surface area contributed by atoms with Crippen LogP contribution >= 0.6 is 0 Å². The molecule has 0 unspecified atom stereocenters. The molecule has 2 atom stereocenters. The number of H-pyrrole nitrogens is 1. The zero-order valence-electron chi connectivity index (χ0n) is 13.1. The number of fused-ring (bicyclic) bond motifs is 1. The van der Waals surface area contributed by atoms with Crippen LogP contribution in [-0.4, -0.2) is 59.2 Å². The van der Waals surface area contributed by atoms with Gasteiger partial charge in [0.05, 0.1) is 18.5 Å². The molecule has 0 bridgehead atoms. The Morgan fingerprint density at radius 1 is 1.50 bits per heavy atom. The van der Waals surface area contributed by atoms with E-state index in [1.54, 1.807) is 11.2 Å². The Labute approximate surface area is 129 Å². The minimum absolute atomic E-state index is 0.195. The van der Waals surface area contributed by atoms with Gasteiger partial charge in [0.25, 0.3) is 0 Å². The maximum atomic E-state index is 11.8. The summed E-state index contributed by atoms with van der Waals surface area (Å²) in [5.41, 5.74) is 0.824. The van der Waals surface area contributed by atoms with Gasteiger partial charge in [-0.15, -0.1) is 0 Å². The van der Waals surface area contributed by atoms with Crippen molar-refractivity contribution in [3.05, 3.63) is 18.6 Å². The van der Waals surface area contributed by atoms with Gasteiger partial charge >= 0.3 is 6.09 Å². The molecule has 0 spiro atoms. The highest BCUT2D eigenvalue weighted by molar-refractivity contribution is 5.87. The molecule has 3 heterocycles. The normalized spacial score (nSPS) is 21.9. The number of likely N-dealkylation sites (N-methyl/N-ethyl adjacent to an activating group) is 1. The van der Waals surface area contributed by atoms with Crippen molar-refractivity contribution < 1.29 is 9.53 Å². The van der Waals surface area contributed by atoms with Crippen LogP contribution < -0.4 is 4.90 Å². The summed E-state index contributed by atoms with van der Waals surface area (Å²) in [6, 6.07) is 2.17. The lowest BCUT2D eigenvalue weighted by molar-refractivity contribution is 0.101. The zero-order valence-corrected chi connectivity index (χ0v) is 13.1. The molecule has 0 aliphatic carbocycles. The summed E-state index contributed by atoms with van der Waals surface area (Å²) in [5.74, 6) is 1.35. The third-order valence-electron chi connectivity index (χ3n) is 4.52. The van der Waals surface area contributed by atoms with E-state index in [0.717, 1.165) is 29.8 Å². The molecule has 22 heavy (non-hydrogen) atoms. The number of rotatable bonds is 2. The van der Waals surface area contributed by atoms with E-state index in [1.165, 1.54) is 7.11 Å². The average Bonchev–Trinajstić information content (AvgIpc) is 3.02. The number of nitrogens with zero attached hydrogens (tertiary/aromatic N) is 4. The third kappa shape index (κ3) is 2.47. The highest BCUT2D eigenvalue weighted by atomic mass is 16.5. The van der Waals surface area contributed by atoms with E-state index in [4.69, 9.17) is 4.74 Å². The maximum absolute atomic E-state index is 11.8. The molecule has 1 saturated heterocycles. The molecule has 3 rings (SSSR count). The van der Waals surface area contributed by atoms with Crippen LogP contribution in [0.5, 0.6) is 0 Å². The number of carbonyl (C=O) groups is 1. The van der Waals surface area contributed by atoms with Crippen molar-refractivity contribution in [3.8, 4) is 0 Å². The fraction of sp³-hybridized carbons (Fsp3) is 0.533. The van der Waals surface area contributed by atoms with Gasteiger partial charge in [0.15, 0.2) is 0 Å². The summed E-state index contributed by atoms with van der Waals surface area (Å²) in [6.45, 7) is 3.59. The van der Waals surface area contributed by atoms with Gasteiger partial charge in [-0.25, -0.2) is 14.8 Å². The van der Waals surface area contributed by atoms with Crippen LogP contribution in [0.2, 0.25) is 0 Å². The molecule has 1 amide bonds. The number of hydrogen-bond donors (Lipinski definition) is 1. The molecule has 2 aromatic rings. The standard InChI is InChI=1S/C15H21N5O2/c1-10-5-7-20(15(21)22-3)8-12(10)19(2)14-11-4-6-16-13(11)17-9-18-14/h4,6,9-10,12H,5,7-8H2,1-3H3,(H,16,17,18)/t10-,12-/m1/s1. The highest BCUT2D eigenvalue weighted by Crippen LogP contribution is 2.28. The number of likely N-dealkylation sites (tertiary alicyclic amines) is 1. The second kappa shape index (κ2) is 5.82. The zero-order chi connectivity index (χ0) is 15.7. The SMILES string of the molecule is COC(=O)N1CC[C@@H](C)[C@H](N(C)c2ncnc3[nH]ccc23)C1. The minimum atomic E-state index is -0.264. The molecule has 0 radical (unpaired) electrons. The quantitative estimate of drug-likeness (QED) is 0.916. The van der Waals surface area contributed by atoms with Gasteiger partial charge in [-0.05, 0) is 18.4 Å². The Hall–Kier alpha value is -2.31. The van der Waals surface area contributed by atoms with E-state index in [1.807, 2.05) is 19.3 Å². The second-order valence-electron chi connectivity index (χ2n) is 5.80. The average molecular weight is 303 g/mol. The summed E-state index contributed by atoms with van der Waals surface area (Å²) in [4.78, 5) is 27.5. The number of nitrogens with one attached hydrogen (secondary N) is 1. The molecule has 1 N–H and O–H groups in total. The van der Waals surface area contributed by atoms with Crippen LogP contribution in [0.1, 0.15) is 13.3 Å². The largest absolute Gasteiger partial charge is 0.453 e. The van der Waals surface area contributed by atoms with Gasteiger partial charge in [-0.2, -0.15) is 0 Å². The number of aromatic amines is 1. The topological polar surface area (TPSA) is 74.3 Å². The van der Waals surface area contributed by atoms with Crippen LogP contribution in [-0.2, 0) is 4.74 Å². The summed E-state index contributed by atoms with van der Waals surface area (Å²) in [6.07, 6.45) is 4.11. The molecule has 0 aromatic carbocycles. The maximum Gasteiger partial charge on any atom is 0.409 e. The van der Waals surface area contributed by atoms with E-state index in [0.29, 0.717) is 12.5 Å². The predicted molar refractivity (Wildman–Crippen MR) is 83.8 cm³/mol. The van der Waals surface area contributed by atoms with Gasteiger partial charge in [0.1, 0.15) is 17.8 Å². The van der Waals surface area contributed by atoms with E-state index < -0.39 is 0 Å². The van der Waals surface area contributed by atoms with Crippen molar-refractivity contribution in [3.63, 3.8) is 0 Å². The van der Waals surface area contributed by atoms with Crippen molar-refractivity contribution in [1.82, 2.24) is 19.9 Å². The summed E-state index contributed by atoms with van der Waals surface area (Å²) in [7, 11) is 3.45. The monoisotopic (exact) mass is 303 g/mol. The van der Waals surface area contributed by atoms with Crippen LogP contribution in [0.25, 0.3) is 11.0 Å². The van der Waals surface area contributed by atoms with E-state index in [-0.39, 0.29) is 12.1 Å². The lowest BCUT2D eigenvalue weighted by atomic mass is 9.92. The number of amides is 1. The van der Waals surface area contributed by atoms with Crippen molar-refractivity contribution in [1.29, 1.82) is 0 Å². The summed E-state index contributed by atoms with van der Waals surface area (Å²) >= 11 is 0. The summed E-state index contributed by atoms with van der Waals surface area (Å²) in [5, 5.41) is 0.993. The Kier molecular flexibility index (Phi) is 3.87. The van der Waals surface area contributed by atoms with Crippen LogP contribution in [0.3, 0.4) is 0 Å². The lowest BCUT2D eigenvalue weighted by Gasteiger charge is -2.41. The predicted octanol–water partition coefficient (Wildman–Crippen LogP) is 1.87. The first-order valence-electron chi connectivity index (χ1n) is 7.45. The number of methoxy groups -OCH3 is 1. The Bertz CT molecular complexity index is 671. The van der Waals surface area contributed by atoms with Crippen LogP contribution in [0.15, 0.2) is 18.6 Å². The van der Waals surface area contributed by atoms with Crippen LogP contribution in [0, 0.1) is 5.92 Å². The molecule has 7 nitrogen and oxygen atoms in total. The van der Waals surface area contributed by atoms with Gasteiger partial charge in [0, 0.05) is 26.3 Å². The molecule has 1 fully saturated rings. The first kappa shape index (κ1) is 14.6. The van der Waals surface area contributed by atoms with Crippen molar-refractivity contribution in [2.45, 2.75) is 19.4 Å². The molecule has 1 aliphatic heterocycles. The number of ether oxygens (including phenoxy) is 1. The fourth-order valence-corrected chi connectivity index (χ4v) is 3.14.